The molecule has 2 rings (SSSR count). The van der Waals surface area contributed by atoms with Gasteiger partial charge in [0.1, 0.15) is 0 Å². The number of ketones is 1. The van der Waals surface area contributed by atoms with E-state index < -0.39 is 0 Å². The van der Waals surface area contributed by atoms with Gasteiger partial charge in [0.15, 0.2) is 5.78 Å². The van der Waals surface area contributed by atoms with Gasteiger partial charge in [-0.15, -0.1) is 11.6 Å². The van der Waals surface area contributed by atoms with Crippen LogP contribution in [0.4, 0.5) is 0 Å². The van der Waals surface area contributed by atoms with Crippen LogP contribution in [-0.4, -0.2) is 28.9 Å². The Morgan fingerprint density at radius 2 is 2.17 bits per heavy atom. The minimum Gasteiger partial charge on any atom is -0.378 e. The summed E-state index contributed by atoms with van der Waals surface area (Å²) < 4.78 is 7.84. The van der Waals surface area contributed by atoms with Gasteiger partial charge < -0.3 is 9.30 Å². The molecule has 1 aromatic rings. The smallest absolute Gasteiger partial charge is 0.179 e. The number of carbonyl (C=O) groups excluding carboxylic acids is 1. The predicted octanol–water partition coefficient (Wildman–Crippen LogP) is 3.27. The number of aromatic nitrogens is 1. The average molecular weight is 270 g/mol. The van der Waals surface area contributed by atoms with Crippen LogP contribution < -0.4 is 0 Å². The normalized spacial score (nSPS) is 22.9. The Kier molecular flexibility index (Phi) is 4.13. The van der Waals surface area contributed by atoms with Crippen molar-refractivity contribution < 1.29 is 9.53 Å². The predicted molar refractivity (Wildman–Crippen MR) is 72.6 cm³/mol. The zero-order valence-electron chi connectivity index (χ0n) is 11.2. The van der Waals surface area contributed by atoms with E-state index in [-0.39, 0.29) is 11.7 Å². The molecule has 1 saturated carbocycles. The zero-order chi connectivity index (χ0) is 13.3. The largest absolute Gasteiger partial charge is 0.378 e. The number of Topliss-reactive ketones (excluding diaryl/α,β-unsaturated/α-hetero) is 1. The lowest BCUT2D eigenvalue weighted by Gasteiger charge is -2.37. The molecule has 3 nitrogen and oxygen atoms in total. The van der Waals surface area contributed by atoms with Gasteiger partial charge in [-0.25, -0.2) is 0 Å². The third-order valence-electron chi connectivity index (χ3n) is 3.74. The highest BCUT2D eigenvalue weighted by atomic mass is 35.5. The van der Waals surface area contributed by atoms with E-state index in [1.54, 1.807) is 0 Å². The van der Waals surface area contributed by atoms with E-state index in [4.69, 9.17) is 16.3 Å². The van der Waals surface area contributed by atoms with Crippen molar-refractivity contribution in [1.82, 2.24) is 4.57 Å². The number of rotatable bonds is 5. The maximum atomic E-state index is 11.7. The summed E-state index contributed by atoms with van der Waals surface area (Å²) in [5.41, 5.74) is 2.95. The molecule has 0 amide bonds. The number of nitrogens with zero attached hydrogens (tertiary/aromatic N) is 1. The molecule has 0 radical (unpaired) electrons. The van der Waals surface area contributed by atoms with Crippen molar-refractivity contribution in [3.63, 3.8) is 0 Å². The summed E-state index contributed by atoms with van der Waals surface area (Å²) in [6, 6.07) is 2.42. The van der Waals surface area contributed by atoms with Crippen molar-refractivity contribution in [2.24, 2.45) is 0 Å². The number of aryl methyl sites for hydroxylation is 1. The number of alkyl halides is 1. The van der Waals surface area contributed by atoms with Gasteiger partial charge in [-0.2, -0.15) is 0 Å². The summed E-state index contributed by atoms with van der Waals surface area (Å²) in [7, 11) is 0. The van der Waals surface area contributed by atoms with Gasteiger partial charge in [0, 0.05) is 29.6 Å². The number of carbonyl (C=O) groups is 1. The highest BCUT2D eigenvalue weighted by molar-refractivity contribution is 6.30. The lowest BCUT2D eigenvalue weighted by Crippen LogP contribution is -2.34. The Bertz CT molecular complexity index is 447. The molecule has 0 unspecified atom stereocenters. The summed E-state index contributed by atoms with van der Waals surface area (Å²) in [5.74, 6) is 0.0629. The molecule has 0 N–H and O–H groups in total. The Morgan fingerprint density at radius 1 is 1.50 bits per heavy atom. The molecular weight excluding hydrogens is 250 g/mol. The SMILES string of the molecule is CCOC1CC(n2c(C)cc(C(=O)CCl)c2C)C1. The highest BCUT2D eigenvalue weighted by Crippen LogP contribution is 2.37. The van der Waals surface area contributed by atoms with E-state index in [9.17, 15) is 4.79 Å². The standard InChI is InChI=1S/C14H20ClNO2/c1-4-18-12-6-11(7-12)16-9(2)5-13(10(16)3)14(17)8-15/h5,11-12H,4,6-8H2,1-3H3. The second-order valence-electron chi connectivity index (χ2n) is 4.91. The van der Waals surface area contributed by atoms with Crippen molar-refractivity contribution in [3.05, 3.63) is 23.0 Å². The van der Waals surface area contributed by atoms with E-state index >= 15 is 0 Å². The average Bonchev–Trinajstić information content (AvgIpc) is 2.59. The summed E-state index contributed by atoms with van der Waals surface area (Å²) in [5, 5.41) is 0. The molecule has 0 bridgehead atoms. The molecule has 1 fully saturated rings. The summed E-state index contributed by atoms with van der Waals surface area (Å²) in [4.78, 5) is 11.7. The Morgan fingerprint density at radius 3 is 2.72 bits per heavy atom. The van der Waals surface area contributed by atoms with E-state index in [1.807, 2.05) is 26.8 Å². The molecule has 1 aromatic heterocycles. The number of ether oxygens (including phenoxy) is 1. The molecule has 1 aliphatic rings. The molecule has 0 aromatic carbocycles. The van der Waals surface area contributed by atoms with Crippen LogP contribution in [0.25, 0.3) is 0 Å². The third-order valence-corrected chi connectivity index (χ3v) is 3.99. The molecule has 100 valence electrons. The fraction of sp³-hybridized carbons (Fsp3) is 0.643. The van der Waals surface area contributed by atoms with Crippen LogP contribution in [0.15, 0.2) is 6.07 Å². The third kappa shape index (κ3) is 2.34. The van der Waals surface area contributed by atoms with Crippen molar-refractivity contribution in [1.29, 1.82) is 0 Å². The van der Waals surface area contributed by atoms with Crippen LogP contribution in [0, 0.1) is 13.8 Å². The molecule has 0 aliphatic heterocycles. The van der Waals surface area contributed by atoms with Gasteiger partial charge in [-0.3, -0.25) is 4.79 Å². The molecule has 18 heavy (non-hydrogen) atoms. The Balaban J connectivity index is 2.15. The second kappa shape index (κ2) is 5.45. The fourth-order valence-corrected chi connectivity index (χ4v) is 2.96. The van der Waals surface area contributed by atoms with Crippen molar-refractivity contribution in [2.75, 3.05) is 12.5 Å². The van der Waals surface area contributed by atoms with Crippen LogP contribution in [0.2, 0.25) is 0 Å². The van der Waals surface area contributed by atoms with E-state index in [2.05, 4.69) is 4.57 Å². The first-order valence-electron chi connectivity index (χ1n) is 6.47. The summed E-state index contributed by atoms with van der Waals surface area (Å²) in [6.07, 6.45) is 2.46. The first-order valence-corrected chi connectivity index (χ1v) is 7.01. The number of hydrogen-bond donors (Lipinski definition) is 0. The minimum absolute atomic E-state index is 0.0108. The van der Waals surface area contributed by atoms with Crippen LogP contribution in [-0.2, 0) is 4.74 Å². The lowest BCUT2D eigenvalue weighted by molar-refractivity contribution is -0.0204. The Hall–Kier alpha value is -0.800. The fourth-order valence-electron chi connectivity index (χ4n) is 2.81. The monoisotopic (exact) mass is 269 g/mol. The first kappa shape index (κ1) is 13.6. The molecule has 4 heteroatoms. The van der Waals surface area contributed by atoms with Crippen LogP contribution >= 0.6 is 11.6 Å². The molecule has 1 heterocycles. The molecule has 0 atom stereocenters. The lowest BCUT2D eigenvalue weighted by atomic mass is 9.88. The van der Waals surface area contributed by atoms with Gasteiger partial charge in [0.25, 0.3) is 0 Å². The van der Waals surface area contributed by atoms with Crippen LogP contribution in [0.1, 0.15) is 47.6 Å². The van der Waals surface area contributed by atoms with Crippen LogP contribution in [0.5, 0.6) is 0 Å². The Labute approximate surface area is 113 Å². The van der Waals surface area contributed by atoms with Crippen LogP contribution in [0.3, 0.4) is 0 Å². The van der Waals surface area contributed by atoms with E-state index in [1.165, 1.54) is 0 Å². The topological polar surface area (TPSA) is 31.2 Å². The van der Waals surface area contributed by atoms with Crippen molar-refractivity contribution in [2.45, 2.75) is 45.8 Å². The van der Waals surface area contributed by atoms with E-state index in [0.717, 1.165) is 36.4 Å². The number of hydrogen-bond acceptors (Lipinski definition) is 2. The van der Waals surface area contributed by atoms with Crippen molar-refractivity contribution >= 4 is 17.4 Å². The molecular formula is C14H20ClNO2. The minimum atomic E-state index is 0.0108. The van der Waals surface area contributed by atoms with Crippen molar-refractivity contribution in [3.8, 4) is 0 Å². The molecule has 1 aliphatic carbocycles. The zero-order valence-corrected chi connectivity index (χ0v) is 12.0. The summed E-state index contributed by atoms with van der Waals surface area (Å²) in [6.45, 7) is 6.85. The second-order valence-corrected chi connectivity index (χ2v) is 5.18. The van der Waals surface area contributed by atoms with Gasteiger partial charge in [-0.1, -0.05) is 0 Å². The molecule has 0 spiro atoms. The maximum absolute atomic E-state index is 11.7. The van der Waals surface area contributed by atoms with Gasteiger partial charge in [-0.05, 0) is 39.7 Å². The quantitative estimate of drug-likeness (QED) is 0.607. The maximum Gasteiger partial charge on any atom is 0.179 e. The first-order chi connectivity index (χ1) is 8.58. The van der Waals surface area contributed by atoms with Gasteiger partial charge in [0.05, 0.1) is 12.0 Å². The summed E-state index contributed by atoms with van der Waals surface area (Å²) >= 11 is 5.63. The van der Waals surface area contributed by atoms with Gasteiger partial charge in [0.2, 0.25) is 0 Å². The van der Waals surface area contributed by atoms with Gasteiger partial charge >= 0.3 is 0 Å². The molecule has 0 saturated heterocycles. The highest BCUT2D eigenvalue weighted by Gasteiger charge is 2.33. The van der Waals surface area contributed by atoms with E-state index in [0.29, 0.717) is 12.1 Å². The number of halogens is 1.